The van der Waals surface area contributed by atoms with Crippen molar-refractivity contribution in [3.8, 4) is 0 Å². The Hall–Kier alpha value is -0.260. The van der Waals surface area contributed by atoms with Crippen LogP contribution >= 0.6 is 11.8 Å². The lowest BCUT2D eigenvalue weighted by Gasteiger charge is -2.24. The van der Waals surface area contributed by atoms with Crippen molar-refractivity contribution in [3.05, 3.63) is 0 Å². The summed E-state index contributed by atoms with van der Waals surface area (Å²) in [5.74, 6) is 0. The van der Waals surface area contributed by atoms with E-state index >= 15 is 0 Å². The number of rotatable bonds is 3. The number of amidine groups is 1. The van der Waals surface area contributed by atoms with Crippen LogP contribution in [0.1, 0.15) is 27.2 Å². The van der Waals surface area contributed by atoms with Crippen molar-refractivity contribution in [1.29, 1.82) is 0 Å². The number of ether oxygens (including phenoxy) is 2. The van der Waals surface area contributed by atoms with Gasteiger partial charge in [0.2, 0.25) is 0 Å². The monoisotopic (exact) mass is 272 g/mol. The molecule has 18 heavy (non-hydrogen) atoms. The van der Waals surface area contributed by atoms with Crippen molar-refractivity contribution in [2.75, 3.05) is 32.9 Å². The second-order valence-corrected chi connectivity index (χ2v) is 7.39. The Labute approximate surface area is 114 Å². The van der Waals surface area contributed by atoms with Crippen LogP contribution in [0.3, 0.4) is 0 Å². The molecule has 0 bridgehead atoms. The molecule has 0 aromatic carbocycles. The van der Waals surface area contributed by atoms with Gasteiger partial charge in [0.25, 0.3) is 0 Å². The highest BCUT2D eigenvalue weighted by molar-refractivity contribution is 8.14. The van der Waals surface area contributed by atoms with Crippen LogP contribution in [0.15, 0.2) is 4.99 Å². The molecule has 5 heteroatoms. The molecule has 104 valence electrons. The van der Waals surface area contributed by atoms with Crippen LogP contribution < -0.4 is 5.32 Å². The third-order valence-corrected chi connectivity index (χ3v) is 4.07. The molecule has 0 spiro atoms. The summed E-state index contributed by atoms with van der Waals surface area (Å²) in [7, 11) is 0. The van der Waals surface area contributed by atoms with Crippen molar-refractivity contribution >= 4 is 16.9 Å². The fourth-order valence-corrected chi connectivity index (χ4v) is 3.52. The lowest BCUT2D eigenvalue weighted by molar-refractivity contribution is -0.0849. The highest BCUT2D eigenvalue weighted by Gasteiger charge is 2.25. The Kier molecular flexibility index (Phi) is 4.92. The van der Waals surface area contributed by atoms with Gasteiger partial charge in [-0.3, -0.25) is 4.99 Å². The maximum absolute atomic E-state index is 5.59. The number of hydrogen-bond donors (Lipinski definition) is 1. The summed E-state index contributed by atoms with van der Waals surface area (Å²) in [5, 5.41) is 5.06. The molecule has 2 aliphatic heterocycles. The van der Waals surface area contributed by atoms with E-state index in [0.717, 1.165) is 24.9 Å². The van der Waals surface area contributed by atoms with Gasteiger partial charge in [-0.1, -0.05) is 32.5 Å². The van der Waals surface area contributed by atoms with E-state index in [2.05, 4.69) is 31.1 Å². The molecule has 0 radical (unpaired) electrons. The fourth-order valence-electron chi connectivity index (χ4n) is 2.16. The maximum atomic E-state index is 5.59. The molecule has 2 rings (SSSR count). The molecule has 4 nitrogen and oxygen atoms in total. The molecule has 0 saturated carbocycles. The van der Waals surface area contributed by atoms with Crippen molar-refractivity contribution in [2.45, 2.75) is 38.5 Å². The first-order valence-corrected chi connectivity index (χ1v) is 7.55. The number of nitrogens with zero attached hydrogens (tertiary/aromatic N) is 1. The maximum Gasteiger partial charge on any atom is 0.157 e. The third kappa shape index (κ3) is 4.78. The Bertz CT molecular complexity index is 296. The Morgan fingerprint density at radius 2 is 2.22 bits per heavy atom. The van der Waals surface area contributed by atoms with Gasteiger partial charge in [0, 0.05) is 11.8 Å². The van der Waals surface area contributed by atoms with Crippen molar-refractivity contribution in [1.82, 2.24) is 5.32 Å². The average molecular weight is 272 g/mol. The average Bonchev–Trinajstić information content (AvgIpc) is 2.73. The SMILES string of the molecule is CC(C)(C)CC1CN=C(NCC2COCCO2)S1. The normalized spacial score (nSPS) is 29.2. The lowest BCUT2D eigenvalue weighted by Crippen LogP contribution is -2.38. The van der Waals surface area contributed by atoms with E-state index in [1.807, 2.05) is 11.8 Å². The van der Waals surface area contributed by atoms with Crippen molar-refractivity contribution < 1.29 is 9.47 Å². The highest BCUT2D eigenvalue weighted by Crippen LogP contribution is 2.31. The topological polar surface area (TPSA) is 42.9 Å². The van der Waals surface area contributed by atoms with Gasteiger partial charge in [0.15, 0.2) is 5.17 Å². The summed E-state index contributed by atoms with van der Waals surface area (Å²) >= 11 is 1.87. The Morgan fingerprint density at radius 3 is 2.89 bits per heavy atom. The fraction of sp³-hybridized carbons (Fsp3) is 0.923. The summed E-state index contributed by atoms with van der Waals surface area (Å²) in [6.45, 7) is 10.7. The molecular formula is C13H24N2O2S. The van der Waals surface area contributed by atoms with Crippen LogP contribution in [0.25, 0.3) is 0 Å². The molecule has 2 atom stereocenters. The van der Waals surface area contributed by atoms with E-state index in [1.165, 1.54) is 6.42 Å². The molecule has 2 aliphatic rings. The molecule has 1 N–H and O–H groups in total. The van der Waals surface area contributed by atoms with E-state index in [4.69, 9.17) is 9.47 Å². The number of thioether (sulfide) groups is 1. The Morgan fingerprint density at radius 1 is 1.39 bits per heavy atom. The van der Waals surface area contributed by atoms with E-state index in [1.54, 1.807) is 0 Å². The highest BCUT2D eigenvalue weighted by atomic mass is 32.2. The summed E-state index contributed by atoms with van der Waals surface area (Å²) in [6.07, 6.45) is 1.37. The molecule has 0 amide bonds. The largest absolute Gasteiger partial charge is 0.376 e. The summed E-state index contributed by atoms with van der Waals surface area (Å²) in [5.41, 5.74) is 0.378. The second-order valence-electron chi connectivity index (χ2n) is 6.10. The van der Waals surface area contributed by atoms with E-state index in [0.29, 0.717) is 23.9 Å². The second kappa shape index (κ2) is 6.26. The van der Waals surface area contributed by atoms with Gasteiger partial charge in [-0.15, -0.1) is 0 Å². The van der Waals surface area contributed by atoms with Gasteiger partial charge in [0.05, 0.1) is 32.5 Å². The van der Waals surface area contributed by atoms with Gasteiger partial charge >= 0.3 is 0 Å². The predicted molar refractivity (Wildman–Crippen MR) is 76.3 cm³/mol. The number of aliphatic imine (C=N–C) groups is 1. The summed E-state index contributed by atoms with van der Waals surface area (Å²) < 4.78 is 11.0. The quantitative estimate of drug-likeness (QED) is 0.852. The minimum Gasteiger partial charge on any atom is -0.376 e. The van der Waals surface area contributed by atoms with Crippen LogP contribution in [-0.2, 0) is 9.47 Å². The molecule has 0 aliphatic carbocycles. The lowest BCUT2D eigenvalue weighted by atomic mass is 9.90. The summed E-state index contributed by atoms with van der Waals surface area (Å²) in [6, 6.07) is 0. The van der Waals surface area contributed by atoms with Crippen LogP contribution in [0.5, 0.6) is 0 Å². The van der Waals surface area contributed by atoms with Gasteiger partial charge in [-0.2, -0.15) is 0 Å². The van der Waals surface area contributed by atoms with Gasteiger partial charge in [0.1, 0.15) is 0 Å². The minimum absolute atomic E-state index is 0.170. The smallest absolute Gasteiger partial charge is 0.157 e. The van der Waals surface area contributed by atoms with Crippen LogP contribution in [0.2, 0.25) is 0 Å². The van der Waals surface area contributed by atoms with Gasteiger partial charge in [-0.05, 0) is 11.8 Å². The van der Waals surface area contributed by atoms with E-state index in [9.17, 15) is 0 Å². The third-order valence-electron chi connectivity index (χ3n) is 2.92. The summed E-state index contributed by atoms with van der Waals surface area (Å²) in [4.78, 5) is 4.56. The zero-order chi connectivity index (χ0) is 13.0. The van der Waals surface area contributed by atoms with Crippen molar-refractivity contribution in [3.63, 3.8) is 0 Å². The molecule has 0 aromatic heterocycles. The van der Waals surface area contributed by atoms with Crippen molar-refractivity contribution in [2.24, 2.45) is 10.4 Å². The first kappa shape index (κ1) is 14.2. The molecule has 2 heterocycles. The number of hydrogen-bond acceptors (Lipinski definition) is 5. The zero-order valence-corrected chi connectivity index (χ0v) is 12.4. The van der Waals surface area contributed by atoms with Crippen LogP contribution in [0.4, 0.5) is 0 Å². The zero-order valence-electron chi connectivity index (χ0n) is 11.6. The van der Waals surface area contributed by atoms with Crippen LogP contribution in [-0.4, -0.2) is 49.4 Å². The molecule has 1 fully saturated rings. The first-order valence-electron chi connectivity index (χ1n) is 6.67. The standard InChI is InChI=1S/C13H24N2O2S/c1-13(2,3)6-11-8-15-12(18-11)14-7-10-9-16-4-5-17-10/h10-11H,4-9H2,1-3H3,(H,14,15). The molecule has 1 saturated heterocycles. The minimum atomic E-state index is 0.170. The van der Waals surface area contributed by atoms with Gasteiger partial charge in [-0.25, -0.2) is 0 Å². The van der Waals surface area contributed by atoms with Crippen LogP contribution in [0, 0.1) is 5.41 Å². The number of nitrogens with one attached hydrogen (secondary N) is 1. The first-order chi connectivity index (χ1) is 8.53. The van der Waals surface area contributed by atoms with E-state index < -0.39 is 0 Å². The molecule has 2 unspecified atom stereocenters. The predicted octanol–water partition coefficient (Wildman–Crippen LogP) is 1.90. The van der Waals surface area contributed by atoms with E-state index in [-0.39, 0.29) is 6.10 Å². The molecular weight excluding hydrogens is 248 g/mol. The molecule has 0 aromatic rings. The Balaban J connectivity index is 1.66. The van der Waals surface area contributed by atoms with Gasteiger partial charge < -0.3 is 14.8 Å².